The molecular weight excluding hydrogens is 463 g/mol. The first kappa shape index (κ1) is 25.6. The van der Waals surface area contributed by atoms with E-state index in [1.54, 1.807) is 0 Å². The van der Waals surface area contributed by atoms with Crippen LogP contribution < -0.4 is 5.32 Å². The smallest absolute Gasteiger partial charge is 0.311 e. The molecule has 0 radical (unpaired) electrons. The third-order valence-corrected chi connectivity index (χ3v) is 7.80. The second-order valence-electron chi connectivity index (χ2n) is 11.4. The quantitative estimate of drug-likeness (QED) is 0.403. The topological polar surface area (TPSA) is 41.6 Å². The van der Waals surface area contributed by atoms with Gasteiger partial charge < -0.3 is 10.1 Å². The monoisotopic (exact) mass is 500 g/mol. The summed E-state index contributed by atoms with van der Waals surface area (Å²) in [5, 5.41) is 3.61. The Bertz CT molecular complexity index is 1180. The lowest BCUT2D eigenvalue weighted by molar-refractivity contribution is -0.161. The zero-order valence-electron chi connectivity index (χ0n) is 21.9. The third kappa shape index (κ3) is 5.21. The van der Waals surface area contributed by atoms with E-state index in [-0.39, 0.29) is 18.4 Å². The Balaban J connectivity index is 1.59. The molecule has 2 aliphatic heterocycles. The zero-order chi connectivity index (χ0) is 26.0. The van der Waals surface area contributed by atoms with Crippen LogP contribution in [0.4, 0.5) is 4.39 Å². The molecule has 0 spiro atoms. The number of esters is 1. The van der Waals surface area contributed by atoms with Crippen molar-refractivity contribution in [1.82, 2.24) is 10.2 Å². The first-order valence-electron chi connectivity index (χ1n) is 13.3. The Hall–Kier alpha value is -3.02. The van der Waals surface area contributed by atoms with Gasteiger partial charge in [-0.05, 0) is 50.3 Å². The van der Waals surface area contributed by atoms with Gasteiger partial charge in [-0.1, -0.05) is 91.0 Å². The number of halogens is 1. The van der Waals surface area contributed by atoms with Crippen LogP contribution in [0.5, 0.6) is 0 Å². The number of rotatable bonds is 7. The summed E-state index contributed by atoms with van der Waals surface area (Å²) in [6.07, 6.45) is -0.304. The standard InChI is InChI=1S/C32H37FN2O2/c1-31(2,3)37-30(36)26-20-32(25-17-11-6-12-18-25)29(34-21-23-13-7-4-8-14-23)27(33)19-28(26)35(32)22-24-15-9-5-10-16-24/h4-18,26-29,34H,19-22H2,1-3H3. The van der Waals surface area contributed by atoms with E-state index in [0.717, 1.165) is 16.7 Å². The van der Waals surface area contributed by atoms with Crippen molar-refractivity contribution in [3.8, 4) is 0 Å². The van der Waals surface area contributed by atoms with Crippen LogP contribution >= 0.6 is 0 Å². The molecule has 3 aromatic carbocycles. The summed E-state index contributed by atoms with van der Waals surface area (Å²) in [4.78, 5) is 16.0. The molecule has 1 N–H and O–H groups in total. The molecule has 0 saturated carbocycles. The molecule has 5 heteroatoms. The Labute approximate surface area is 219 Å². The zero-order valence-corrected chi connectivity index (χ0v) is 21.9. The molecule has 5 rings (SSSR count). The molecule has 194 valence electrons. The summed E-state index contributed by atoms with van der Waals surface area (Å²) in [6, 6.07) is 29.8. The molecule has 3 aromatic rings. The molecule has 2 aliphatic rings. The van der Waals surface area contributed by atoms with Gasteiger partial charge in [0, 0.05) is 19.1 Å². The molecule has 2 bridgehead atoms. The lowest BCUT2D eigenvalue weighted by atomic mass is 9.75. The second kappa shape index (κ2) is 10.4. The largest absolute Gasteiger partial charge is 0.460 e. The number of carbonyl (C=O) groups is 1. The van der Waals surface area contributed by atoms with Crippen molar-refractivity contribution >= 4 is 5.97 Å². The molecule has 0 aliphatic carbocycles. The number of piperidine rings is 1. The van der Waals surface area contributed by atoms with Crippen LogP contribution in [0.3, 0.4) is 0 Å². The van der Waals surface area contributed by atoms with Crippen molar-refractivity contribution < 1.29 is 13.9 Å². The van der Waals surface area contributed by atoms with Gasteiger partial charge in [0.2, 0.25) is 0 Å². The Morgan fingerprint density at radius 3 is 2.11 bits per heavy atom. The third-order valence-electron chi connectivity index (χ3n) is 7.80. The fraction of sp³-hybridized carbons (Fsp3) is 0.406. The summed E-state index contributed by atoms with van der Waals surface area (Å²) < 4.78 is 22.2. The Kier molecular flexibility index (Phi) is 7.19. The highest BCUT2D eigenvalue weighted by Gasteiger charge is 2.64. The molecule has 0 amide bonds. The number of carbonyl (C=O) groups excluding carboxylic acids is 1. The van der Waals surface area contributed by atoms with Crippen LogP contribution in [0.1, 0.15) is 50.3 Å². The minimum absolute atomic E-state index is 0.232. The van der Waals surface area contributed by atoms with E-state index >= 15 is 4.39 Å². The van der Waals surface area contributed by atoms with Gasteiger partial charge in [0.05, 0.1) is 17.5 Å². The number of alkyl halides is 1. The summed E-state index contributed by atoms with van der Waals surface area (Å²) in [5.41, 5.74) is 2.00. The maximum absolute atomic E-state index is 16.3. The lowest BCUT2D eigenvalue weighted by Gasteiger charge is -2.52. The summed E-state index contributed by atoms with van der Waals surface area (Å²) in [5.74, 6) is -0.644. The van der Waals surface area contributed by atoms with Crippen LogP contribution in [0.15, 0.2) is 91.0 Å². The number of hydrogen-bond acceptors (Lipinski definition) is 4. The van der Waals surface area contributed by atoms with Gasteiger partial charge in [-0.15, -0.1) is 0 Å². The maximum atomic E-state index is 16.3. The second-order valence-corrected chi connectivity index (χ2v) is 11.4. The van der Waals surface area contributed by atoms with Crippen molar-refractivity contribution in [2.45, 2.75) is 76.1 Å². The highest BCUT2D eigenvalue weighted by molar-refractivity contribution is 5.75. The van der Waals surface area contributed by atoms with Crippen LogP contribution in [-0.2, 0) is 28.2 Å². The SMILES string of the molecule is CC(C)(C)OC(=O)C1CC2(c3ccccc3)C(NCc3ccccc3)C(F)CC1N2Cc1ccccc1. The van der Waals surface area contributed by atoms with E-state index in [9.17, 15) is 4.79 Å². The van der Waals surface area contributed by atoms with Gasteiger partial charge in [0.25, 0.3) is 0 Å². The first-order chi connectivity index (χ1) is 17.8. The lowest BCUT2D eigenvalue weighted by Crippen LogP contribution is -2.64. The number of ether oxygens (including phenoxy) is 1. The molecular formula is C32H37FN2O2. The highest BCUT2D eigenvalue weighted by Crippen LogP contribution is 2.55. The minimum atomic E-state index is -1.10. The van der Waals surface area contributed by atoms with Crippen molar-refractivity contribution in [2.75, 3.05) is 0 Å². The van der Waals surface area contributed by atoms with Gasteiger partial charge in [-0.25, -0.2) is 4.39 Å². The fourth-order valence-electron chi connectivity index (χ4n) is 6.33. The maximum Gasteiger partial charge on any atom is 0.311 e. The van der Waals surface area contributed by atoms with E-state index in [4.69, 9.17) is 4.74 Å². The van der Waals surface area contributed by atoms with Gasteiger partial charge >= 0.3 is 5.97 Å². The molecule has 2 heterocycles. The molecule has 2 fully saturated rings. The summed E-state index contributed by atoms with van der Waals surface area (Å²) in [7, 11) is 0. The minimum Gasteiger partial charge on any atom is -0.460 e. The molecule has 4 nitrogen and oxygen atoms in total. The van der Waals surface area contributed by atoms with E-state index in [2.05, 4.69) is 46.6 Å². The van der Waals surface area contributed by atoms with Crippen LogP contribution in [0.2, 0.25) is 0 Å². The number of benzene rings is 3. The number of nitrogens with zero attached hydrogens (tertiary/aromatic N) is 1. The molecule has 37 heavy (non-hydrogen) atoms. The predicted molar refractivity (Wildman–Crippen MR) is 144 cm³/mol. The fourth-order valence-corrected chi connectivity index (χ4v) is 6.33. The van der Waals surface area contributed by atoms with Crippen molar-refractivity contribution in [2.24, 2.45) is 5.92 Å². The predicted octanol–water partition coefficient (Wildman–Crippen LogP) is 6.01. The normalized spacial score (nSPS) is 27.7. The van der Waals surface area contributed by atoms with Gasteiger partial charge in [-0.2, -0.15) is 0 Å². The highest BCUT2D eigenvalue weighted by atomic mass is 19.1. The number of fused-ring (bicyclic) bond motifs is 2. The van der Waals surface area contributed by atoms with E-state index in [1.807, 2.05) is 75.4 Å². The van der Waals surface area contributed by atoms with E-state index in [0.29, 0.717) is 19.5 Å². The van der Waals surface area contributed by atoms with Crippen molar-refractivity contribution in [1.29, 1.82) is 0 Å². The molecule has 0 aromatic heterocycles. The van der Waals surface area contributed by atoms with Crippen LogP contribution in [0.25, 0.3) is 0 Å². The van der Waals surface area contributed by atoms with E-state index < -0.39 is 29.3 Å². The molecule has 2 saturated heterocycles. The number of hydrogen-bond donors (Lipinski definition) is 1. The average Bonchev–Trinajstić information content (AvgIpc) is 3.12. The van der Waals surface area contributed by atoms with Gasteiger partial charge in [-0.3, -0.25) is 9.69 Å². The van der Waals surface area contributed by atoms with Crippen molar-refractivity contribution in [3.63, 3.8) is 0 Å². The Morgan fingerprint density at radius 2 is 1.51 bits per heavy atom. The first-order valence-corrected chi connectivity index (χ1v) is 13.3. The van der Waals surface area contributed by atoms with E-state index in [1.165, 1.54) is 0 Å². The van der Waals surface area contributed by atoms with Crippen molar-refractivity contribution in [3.05, 3.63) is 108 Å². The van der Waals surface area contributed by atoms with Gasteiger partial charge in [0.15, 0.2) is 0 Å². The Morgan fingerprint density at radius 1 is 0.946 bits per heavy atom. The summed E-state index contributed by atoms with van der Waals surface area (Å²) >= 11 is 0. The summed E-state index contributed by atoms with van der Waals surface area (Å²) in [6.45, 7) is 6.87. The molecule has 5 unspecified atom stereocenters. The van der Waals surface area contributed by atoms with Crippen LogP contribution in [-0.4, -0.2) is 34.7 Å². The van der Waals surface area contributed by atoms with Crippen LogP contribution in [0, 0.1) is 5.92 Å². The average molecular weight is 501 g/mol. The van der Waals surface area contributed by atoms with Gasteiger partial charge in [0.1, 0.15) is 11.8 Å². The molecule has 5 atom stereocenters. The number of nitrogens with one attached hydrogen (secondary N) is 1.